The average molecular weight is 426 g/mol. The molecule has 2 aromatic rings. The predicted molar refractivity (Wildman–Crippen MR) is 137 cm³/mol. The van der Waals surface area contributed by atoms with Crippen LogP contribution in [0.4, 0.5) is 11.4 Å². The maximum Gasteiger partial charge on any atom is 0.124 e. The van der Waals surface area contributed by atoms with Gasteiger partial charge in [0, 0.05) is 28.7 Å². The maximum atomic E-state index is 9.20. The van der Waals surface area contributed by atoms with Crippen molar-refractivity contribution >= 4 is 22.8 Å². The van der Waals surface area contributed by atoms with Gasteiger partial charge in [0.1, 0.15) is 5.75 Å². The van der Waals surface area contributed by atoms with Gasteiger partial charge in [-0.05, 0) is 55.7 Å². The van der Waals surface area contributed by atoms with E-state index in [0.717, 1.165) is 52.4 Å². The van der Waals surface area contributed by atoms with Gasteiger partial charge in [-0.2, -0.15) is 5.26 Å². The second-order valence-corrected chi connectivity index (χ2v) is 7.28. The Kier molecular flexibility index (Phi) is 9.25. The minimum atomic E-state index is 0.586. The van der Waals surface area contributed by atoms with E-state index in [0.29, 0.717) is 11.3 Å². The van der Waals surface area contributed by atoms with Crippen LogP contribution < -0.4 is 10.1 Å². The Hall–Kier alpha value is -3.84. The summed E-state index contributed by atoms with van der Waals surface area (Å²) >= 11 is 0. The first kappa shape index (κ1) is 24.4. The van der Waals surface area contributed by atoms with Crippen molar-refractivity contribution in [3.63, 3.8) is 0 Å². The lowest BCUT2D eigenvalue weighted by atomic mass is 10.0. The molecule has 32 heavy (non-hydrogen) atoms. The van der Waals surface area contributed by atoms with Crippen LogP contribution in [0.3, 0.4) is 0 Å². The highest BCUT2D eigenvalue weighted by Gasteiger charge is 2.14. The predicted octanol–water partition coefficient (Wildman–Crippen LogP) is 7.38. The normalized spacial score (nSPS) is 11.8. The minimum Gasteiger partial charge on any atom is -0.496 e. The molecule has 164 valence electrons. The number of ether oxygens (including phenoxy) is 1. The number of aliphatic imine (C=N–C) groups is 1. The van der Waals surface area contributed by atoms with Gasteiger partial charge in [-0.3, -0.25) is 4.99 Å². The van der Waals surface area contributed by atoms with Crippen LogP contribution in [-0.2, 0) is 6.42 Å². The first-order valence-corrected chi connectivity index (χ1v) is 10.7. The molecule has 4 heteroatoms. The maximum absolute atomic E-state index is 9.20. The lowest BCUT2D eigenvalue weighted by molar-refractivity contribution is 0.409. The molecule has 0 heterocycles. The zero-order chi connectivity index (χ0) is 23.5. The fourth-order valence-electron chi connectivity index (χ4n) is 3.29. The summed E-state index contributed by atoms with van der Waals surface area (Å²) in [7, 11) is 1.68. The number of rotatable bonds is 10. The van der Waals surface area contributed by atoms with E-state index >= 15 is 0 Å². The molecule has 0 aliphatic heterocycles. The summed E-state index contributed by atoms with van der Waals surface area (Å²) < 4.78 is 5.65. The molecular formula is C28H31N3O. The summed E-state index contributed by atoms with van der Waals surface area (Å²) in [6.45, 7) is 14.2. The van der Waals surface area contributed by atoms with E-state index in [2.05, 4.69) is 37.5 Å². The number of benzene rings is 2. The van der Waals surface area contributed by atoms with Gasteiger partial charge in [-0.15, -0.1) is 0 Å². The van der Waals surface area contributed by atoms with E-state index in [-0.39, 0.29) is 0 Å². The number of methoxy groups -OCH3 is 1. The van der Waals surface area contributed by atoms with Crippen molar-refractivity contribution in [3.05, 3.63) is 96.1 Å². The average Bonchev–Trinajstić information content (AvgIpc) is 2.80. The molecule has 0 spiro atoms. The van der Waals surface area contributed by atoms with Crippen molar-refractivity contribution in [1.82, 2.24) is 0 Å². The summed E-state index contributed by atoms with van der Waals surface area (Å²) in [5.74, 6) is 0.805. The topological polar surface area (TPSA) is 57.4 Å². The van der Waals surface area contributed by atoms with Crippen LogP contribution in [0.1, 0.15) is 43.9 Å². The Labute approximate surface area is 192 Å². The standard InChI is InChI=1S/C28H31N3O/c1-7-10-14-23(9-3)20(4)31-27-18-28(32-6)24(12-8-2)17-26(27)21(5)30-25-15-11-13-22(16-25)19-29/h7,9-11,13-18,30H,3,5,8,12H2,1-2,4,6H3/b10-7-,23-14+,31-20+. The third kappa shape index (κ3) is 6.33. The molecule has 0 aromatic heterocycles. The largest absolute Gasteiger partial charge is 0.496 e. The van der Waals surface area contributed by atoms with Gasteiger partial charge in [-0.25, -0.2) is 0 Å². The molecule has 0 fully saturated rings. The lowest BCUT2D eigenvalue weighted by Crippen LogP contribution is -2.02. The number of aryl methyl sites for hydroxylation is 1. The number of hydrogen-bond donors (Lipinski definition) is 1. The van der Waals surface area contributed by atoms with E-state index in [4.69, 9.17) is 9.73 Å². The van der Waals surface area contributed by atoms with Crippen LogP contribution in [0.2, 0.25) is 0 Å². The summed E-state index contributed by atoms with van der Waals surface area (Å²) in [6.07, 6.45) is 9.58. The first-order chi connectivity index (χ1) is 15.5. The van der Waals surface area contributed by atoms with Gasteiger partial charge in [0.05, 0.1) is 24.4 Å². The number of hydrogen-bond acceptors (Lipinski definition) is 4. The fraction of sp³-hybridized carbons (Fsp3) is 0.214. The SMILES string of the molecule is C=CC(=C\C=C/C)/C(C)=N/c1cc(OC)c(CCC)cc1C(=C)Nc1cccc(C#N)c1. The van der Waals surface area contributed by atoms with Crippen molar-refractivity contribution in [2.24, 2.45) is 4.99 Å². The van der Waals surface area contributed by atoms with Crippen LogP contribution in [0, 0.1) is 11.3 Å². The van der Waals surface area contributed by atoms with E-state index in [1.165, 1.54) is 0 Å². The van der Waals surface area contributed by atoms with Crippen LogP contribution in [0.5, 0.6) is 5.75 Å². The second-order valence-electron chi connectivity index (χ2n) is 7.28. The van der Waals surface area contributed by atoms with Crippen molar-refractivity contribution in [2.75, 3.05) is 12.4 Å². The molecule has 2 rings (SSSR count). The summed E-state index contributed by atoms with van der Waals surface area (Å²) in [5, 5.41) is 12.5. The van der Waals surface area contributed by atoms with Crippen LogP contribution >= 0.6 is 0 Å². The molecule has 0 aliphatic carbocycles. The highest BCUT2D eigenvalue weighted by atomic mass is 16.5. The van der Waals surface area contributed by atoms with Crippen LogP contribution in [0.15, 0.2) is 84.4 Å². The lowest BCUT2D eigenvalue weighted by Gasteiger charge is -2.17. The molecule has 0 amide bonds. The molecule has 1 N–H and O–H groups in total. The zero-order valence-electron chi connectivity index (χ0n) is 19.4. The number of nitriles is 1. The van der Waals surface area contributed by atoms with Gasteiger partial charge in [0.2, 0.25) is 0 Å². The van der Waals surface area contributed by atoms with Gasteiger partial charge < -0.3 is 10.1 Å². The molecule has 0 saturated carbocycles. The summed E-state index contributed by atoms with van der Waals surface area (Å²) in [5.41, 5.74) is 6.59. The molecule has 2 aromatic carbocycles. The molecule has 0 atom stereocenters. The molecule has 0 radical (unpaired) electrons. The molecule has 0 bridgehead atoms. The Morgan fingerprint density at radius 2 is 2.06 bits per heavy atom. The quantitative estimate of drug-likeness (QED) is 0.319. The molecule has 0 saturated heterocycles. The molecule has 0 unspecified atom stereocenters. The molecular weight excluding hydrogens is 394 g/mol. The highest BCUT2D eigenvalue weighted by Crippen LogP contribution is 2.35. The Morgan fingerprint density at radius 1 is 1.28 bits per heavy atom. The Bertz CT molecular complexity index is 1110. The third-order valence-electron chi connectivity index (χ3n) is 4.92. The van der Waals surface area contributed by atoms with Gasteiger partial charge >= 0.3 is 0 Å². The van der Waals surface area contributed by atoms with Gasteiger partial charge in [0.15, 0.2) is 0 Å². The van der Waals surface area contributed by atoms with Crippen LogP contribution in [-0.4, -0.2) is 12.8 Å². The Balaban J connectivity index is 2.58. The first-order valence-electron chi connectivity index (χ1n) is 10.7. The Morgan fingerprint density at radius 3 is 2.69 bits per heavy atom. The number of nitrogens with one attached hydrogen (secondary N) is 1. The van der Waals surface area contributed by atoms with Crippen molar-refractivity contribution < 1.29 is 4.74 Å². The van der Waals surface area contributed by atoms with Crippen LogP contribution in [0.25, 0.3) is 5.70 Å². The van der Waals surface area contributed by atoms with E-state index in [1.54, 1.807) is 25.3 Å². The molecule has 0 aliphatic rings. The summed E-state index contributed by atoms with van der Waals surface area (Å²) in [6, 6.07) is 13.5. The minimum absolute atomic E-state index is 0.586. The van der Waals surface area contributed by atoms with Crippen molar-refractivity contribution in [3.8, 4) is 11.8 Å². The van der Waals surface area contributed by atoms with E-state index < -0.39 is 0 Å². The van der Waals surface area contributed by atoms with Crippen molar-refractivity contribution in [1.29, 1.82) is 5.26 Å². The molecule has 4 nitrogen and oxygen atoms in total. The van der Waals surface area contributed by atoms with Crippen molar-refractivity contribution in [2.45, 2.75) is 33.6 Å². The smallest absolute Gasteiger partial charge is 0.124 e. The highest BCUT2D eigenvalue weighted by molar-refractivity contribution is 6.03. The summed E-state index contributed by atoms with van der Waals surface area (Å²) in [4.78, 5) is 4.90. The van der Waals surface area contributed by atoms with Gasteiger partial charge in [0.25, 0.3) is 0 Å². The number of anilines is 1. The van der Waals surface area contributed by atoms with E-state index in [9.17, 15) is 5.26 Å². The zero-order valence-corrected chi connectivity index (χ0v) is 19.4. The monoisotopic (exact) mass is 425 g/mol. The number of allylic oxidation sites excluding steroid dienone is 5. The second kappa shape index (κ2) is 12.1. The number of nitrogens with zero attached hydrogens (tertiary/aromatic N) is 2. The fourth-order valence-corrected chi connectivity index (χ4v) is 3.29. The van der Waals surface area contributed by atoms with Gasteiger partial charge in [-0.1, -0.05) is 56.9 Å². The van der Waals surface area contributed by atoms with E-state index in [1.807, 2.05) is 50.3 Å². The third-order valence-corrected chi connectivity index (χ3v) is 4.92.